The third kappa shape index (κ3) is 5.16. The van der Waals surface area contributed by atoms with E-state index in [9.17, 15) is 4.79 Å². The van der Waals surface area contributed by atoms with Crippen molar-refractivity contribution in [1.82, 2.24) is 5.32 Å². The fraction of sp³-hybridized carbons (Fsp3) is 0.611. The molecule has 3 unspecified atom stereocenters. The van der Waals surface area contributed by atoms with Crippen LogP contribution in [-0.4, -0.2) is 18.5 Å². The normalized spacial score (nSPS) is 21.8. The van der Waals surface area contributed by atoms with Crippen molar-refractivity contribution >= 4 is 5.91 Å². The number of hydrogen-bond donors (Lipinski definition) is 2. The lowest BCUT2D eigenvalue weighted by Crippen LogP contribution is -2.27. The Kier molecular flexibility index (Phi) is 6.24. The molecule has 1 aromatic rings. The second-order valence-electron chi connectivity index (χ2n) is 6.20. The van der Waals surface area contributed by atoms with E-state index in [-0.39, 0.29) is 5.91 Å². The second-order valence-corrected chi connectivity index (χ2v) is 6.20. The van der Waals surface area contributed by atoms with Crippen molar-refractivity contribution in [2.75, 3.05) is 6.54 Å². The zero-order valence-corrected chi connectivity index (χ0v) is 13.1. The number of benzene rings is 1. The number of nitrogens with two attached hydrogens (primary N) is 1. The van der Waals surface area contributed by atoms with Crippen molar-refractivity contribution in [3.8, 4) is 0 Å². The molecule has 3 heteroatoms. The van der Waals surface area contributed by atoms with Gasteiger partial charge in [0.25, 0.3) is 0 Å². The Labute approximate surface area is 128 Å². The number of hydrogen-bond acceptors (Lipinski definition) is 2. The Morgan fingerprint density at radius 2 is 2.05 bits per heavy atom. The van der Waals surface area contributed by atoms with Crippen LogP contribution in [0.1, 0.15) is 56.9 Å². The van der Waals surface area contributed by atoms with Gasteiger partial charge in [-0.05, 0) is 37.3 Å². The van der Waals surface area contributed by atoms with E-state index in [2.05, 4.69) is 36.5 Å². The molecule has 0 saturated heterocycles. The summed E-state index contributed by atoms with van der Waals surface area (Å²) in [4.78, 5) is 12.0. The average Bonchev–Trinajstić information content (AvgIpc) is 3.25. The molecule has 3 atom stereocenters. The standard InChI is InChI=1S/C18H28N2O/c1-2-6-14(11-12-19)9-10-18(21)20-17-13-16(17)15-7-4-3-5-8-15/h3-5,7-8,14,16-17H,2,6,9-13,19H2,1H3,(H,20,21). The molecule has 0 heterocycles. The molecule has 0 aliphatic heterocycles. The van der Waals surface area contributed by atoms with E-state index in [0.29, 0.717) is 24.3 Å². The van der Waals surface area contributed by atoms with Crippen molar-refractivity contribution in [3.05, 3.63) is 35.9 Å². The van der Waals surface area contributed by atoms with E-state index < -0.39 is 0 Å². The average molecular weight is 288 g/mol. The summed E-state index contributed by atoms with van der Waals surface area (Å²) < 4.78 is 0. The molecule has 1 aromatic carbocycles. The lowest BCUT2D eigenvalue weighted by molar-refractivity contribution is -0.121. The maximum Gasteiger partial charge on any atom is 0.220 e. The first kappa shape index (κ1) is 16.0. The van der Waals surface area contributed by atoms with Crippen molar-refractivity contribution in [3.63, 3.8) is 0 Å². The monoisotopic (exact) mass is 288 g/mol. The molecule has 3 N–H and O–H groups in total. The van der Waals surface area contributed by atoms with Gasteiger partial charge in [-0.3, -0.25) is 4.79 Å². The highest BCUT2D eigenvalue weighted by Crippen LogP contribution is 2.40. The fourth-order valence-corrected chi connectivity index (χ4v) is 3.11. The van der Waals surface area contributed by atoms with Crippen LogP contribution in [0.2, 0.25) is 0 Å². The van der Waals surface area contributed by atoms with Gasteiger partial charge in [0, 0.05) is 18.4 Å². The molecule has 1 aliphatic carbocycles. The van der Waals surface area contributed by atoms with E-state index in [1.807, 2.05) is 6.07 Å². The zero-order valence-electron chi connectivity index (χ0n) is 13.1. The van der Waals surface area contributed by atoms with Crippen LogP contribution in [0.3, 0.4) is 0 Å². The molecule has 1 aliphatic rings. The van der Waals surface area contributed by atoms with Gasteiger partial charge >= 0.3 is 0 Å². The minimum absolute atomic E-state index is 0.205. The zero-order chi connectivity index (χ0) is 15.1. The highest BCUT2D eigenvalue weighted by atomic mass is 16.1. The third-order valence-corrected chi connectivity index (χ3v) is 4.42. The van der Waals surface area contributed by atoms with Gasteiger partial charge < -0.3 is 11.1 Å². The first-order chi connectivity index (χ1) is 10.2. The maximum atomic E-state index is 12.0. The molecule has 1 fully saturated rings. The van der Waals surface area contributed by atoms with Crippen LogP contribution >= 0.6 is 0 Å². The van der Waals surface area contributed by atoms with Gasteiger partial charge in [-0.1, -0.05) is 50.1 Å². The van der Waals surface area contributed by atoms with Crippen LogP contribution in [0.25, 0.3) is 0 Å². The van der Waals surface area contributed by atoms with E-state index in [4.69, 9.17) is 5.73 Å². The molecule has 116 valence electrons. The van der Waals surface area contributed by atoms with Gasteiger partial charge in [0.15, 0.2) is 0 Å². The summed E-state index contributed by atoms with van der Waals surface area (Å²) in [6, 6.07) is 10.8. The predicted molar refractivity (Wildman–Crippen MR) is 87.0 cm³/mol. The summed E-state index contributed by atoms with van der Waals surface area (Å²) in [6.45, 7) is 2.92. The quantitative estimate of drug-likeness (QED) is 0.733. The fourth-order valence-electron chi connectivity index (χ4n) is 3.11. The summed E-state index contributed by atoms with van der Waals surface area (Å²) in [5, 5.41) is 3.17. The molecular weight excluding hydrogens is 260 g/mol. The van der Waals surface area contributed by atoms with Gasteiger partial charge in [-0.2, -0.15) is 0 Å². The Bertz CT molecular complexity index is 426. The van der Waals surface area contributed by atoms with E-state index >= 15 is 0 Å². The maximum absolute atomic E-state index is 12.0. The van der Waals surface area contributed by atoms with Crippen LogP contribution in [-0.2, 0) is 4.79 Å². The van der Waals surface area contributed by atoms with E-state index in [1.54, 1.807) is 0 Å². The lowest BCUT2D eigenvalue weighted by Gasteiger charge is -2.14. The number of rotatable bonds is 9. The Morgan fingerprint density at radius 1 is 1.29 bits per heavy atom. The molecule has 0 spiro atoms. The smallest absolute Gasteiger partial charge is 0.220 e. The molecule has 1 saturated carbocycles. The highest BCUT2D eigenvalue weighted by Gasteiger charge is 2.39. The first-order valence-corrected chi connectivity index (χ1v) is 8.29. The third-order valence-electron chi connectivity index (χ3n) is 4.42. The number of nitrogens with one attached hydrogen (secondary N) is 1. The Morgan fingerprint density at radius 3 is 2.71 bits per heavy atom. The first-order valence-electron chi connectivity index (χ1n) is 8.29. The molecule has 0 radical (unpaired) electrons. The molecule has 1 amide bonds. The van der Waals surface area contributed by atoms with E-state index in [1.165, 1.54) is 18.4 Å². The summed E-state index contributed by atoms with van der Waals surface area (Å²) in [5.74, 6) is 1.33. The number of amides is 1. The van der Waals surface area contributed by atoms with Crippen LogP contribution in [0.4, 0.5) is 0 Å². The molecular formula is C18H28N2O. The minimum Gasteiger partial charge on any atom is -0.353 e. The number of carbonyl (C=O) groups is 1. The molecule has 3 nitrogen and oxygen atoms in total. The van der Waals surface area contributed by atoms with Crippen LogP contribution < -0.4 is 11.1 Å². The van der Waals surface area contributed by atoms with Gasteiger partial charge in [-0.25, -0.2) is 0 Å². The van der Waals surface area contributed by atoms with Crippen LogP contribution in [0.15, 0.2) is 30.3 Å². The van der Waals surface area contributed by atoms with Crippen molar-refractivity contribution in [1.29, 1.82) is 0 Å². The van der Waals surface area contributed by atoms with Crippen molar-refractivity contribution in [2.45, 2.75) is 57.4 Å². The van der Waals surface area contributed by atoms with Gasteiger partial charge in [0.05, 0.1) is 0 Å². The molecule has 2 rings (SSSR count). The Balaban J connectivity index is 1.69. The van der Waals surface area contributed by atoms with Gasteiger partial charge in [0.2, 0.25) is 5.91 Å². The topological polar surface area (TPSA) is 55.1 Å². The molecule has 0 aromatic heterocycles. The molecule has 0 bridgehead atoms. The summed E-state index contributed by atoms with van der Waals surface area (Å²) in [7, 11) is 0. The Hall–Kier alpha value is -1.35. The second kappa shape index (κ2) is 8.18. The summed E-state index contributed by atoms with van der Waals surface area (Å²) in [6.07, 6.45) is 6.09. The van der Waals surface area contributed by atoms with Gasteiger partial charge in [0.1, 0.15) is 0 Å². The van der Waals surface area contributed by atoms with E-state index in [0.717, 1.165) is 25.8 Å². The largest absolute Gasteiger partial charge is 0.353 e. The van der Waals surface area contributed by atoms with Crippen LogP contribution in [0, 0.1) is 5.92 Å². The van der Waals surface area contributed by atoms with Gasteiger partial charge in [-0.15, -0.1) is 0 Å². The molecule has 21 heavy (non-hydrogen) atoms. The lowest BCUT2D eigenvalue weighted by atomic mass is 9.94. The summed E-state index contributed by atoms with van der Waals surface area (Å²) in [5.41, 5.74) is 6.98. The van der Waals surface area contributed by atoms with Crippen LogP contribution in [0.5, 0.6) is 0 Å². The SMILES string of the molecule is CCCC(CCN)CCC(=O)NC1CC1c1ccccc1. The number of carbonyl (C=O) groups excluding carboxylic acids is 1. The summed E-state index contributed by atoms with van der Waals surface area (Å²) >= 11 is 0. The van der Waals surface area contributed by atoms with Crippen molar-refractivity contribution < 1.29 is 4.79 Å². The predicted octanol–water partition coefficient (Wildman–Crippen LogP) is 3.20. The minimum atomic E-state index is 0.205. The van der Waals surface area contributed by atoms with Crippen molar-refractivity contribution in [2.24, 2.45) is 11.7 Å². The highest BCUT2D eigenvalue weighted by molar-refractivity contribution is 5.76.